The van der Waals surface area contributed by atoms with Gasteiger partial charge in [0.1, 0.15) is 11.5 Å². The lowest BCUT2D eigenvalue weighted by Gasteiger charge is -2.20. The molecule has 0 spiro atoms. The number of hydrogen-bond donors (Lipinski definition) is 1. The van der Waals surface area contributed by atoms with E-state index in [1.165, 1.54) is 0 Å². The van der Waals surface area contributed by atoms with Crippen molar-refractivity contribution in [3.8, 4) is 17.2 Å². The van der Waals surface area contributed by atoms with Crippen LogP contribution in [0.3, 0.4) is 0 Å². The monoisotopic (exact) mass is 329 g/mol. The number of aromatic nitrogens is 1. The van der Waals surface area contributed by atoms with Crippen molar-refractivity contribution in [2.24, 2.45) is 5.73 Å². The quantitative estimate of drug-likeness (QED) is 0.911. The molecule has 1 fully saturated rings. The van der Waals surface area contributed by atoms with Crippen LogP contribution in [-0.4, -0.2) is 35.5 Å². The van der Waals surface area contributed by atoms with Gasteiger partial charge in [-0.1, -0.05) is 0 Å². The number of aryl methyl sites for hydroxylation is 2. The van der Waals surface area contributed by atoms with E-state index in [1.54, 1.807) is 7.11 Å². The predicted molar refractivity (Wildman–Crippen MR) is 90.6 cm³/mol. The Bertz CT molecular complexity index is 754. The number of hydrogen-bond acceptors (Lipinski definition) is 5. The van der Waals surface area contributed by atoms with Crippen molar-refractivity contribution in [2.45, 2.75) is 39.3 Å². The van der Waals surface area contributed by atoms with E-state index >= 15 is 0 Å². The Kier molecular flexibility index (Phi) is 4.57. The predicted octanol–water partition coefficient (Wildman–Crippen LogP) is 2.42. The van der Waals surface area contributed by atoms with E-state index in [4.69, 9.17) is 14.9 Å². The molecule has 3 rings (SSSR count). The van der Waals surface area contributed by atoms with Crippen molar-refractivity contribution in [3.63, 3.8) is 0 Å². The van der Waals surface area contributed by atoms with Gasteiger partial charge in [-0.05, 0) is 57.0 Å². The van der Waals surface area contributed by atoms with Crippen LogP contribution >= 0.6 is 0 Å². The van der Waals surface area contributed by atoms with Gasteiger partial charge in [-0.15, -0.1) is 0 Å². The van der Waals surface area contributed by atoms with Crippen LogP contribution in [0.4, 0.5) is 0 Å². The number of primary amides is 1. The summed E-state index contributed by atoms with van der Waals surface area (Å²) < 4.78 is 11.1. The lowest BCUT2D eigenvalue weighted by Crippen LogP contribution is -2.39. The fourth-order valence-corrected chi connectivity index (χ4v) is 3.24. The molecule has 2 aromatic rings. The number of nitrogens with two attached hydrogens (primary N) is 1. The Morgan fingerprint density at radius 1 is 1.46 bits per heavy atom. The van der Waals surface area contributed by atoms with E-state index in [2.05, 4.69) is 9.88 Å². The molecule has 1 aromatic heterocycles. The van der Waals surface area contributed by atoms with Crippen LogP contribution < -0.4 is 10.5 Å². The third-order valence-corrected chi connectivity index (χ3v) is 4.58. The first-order valence-electron chi connectivity index (χ1n) is 8.14. The minimum Gasteiger partial charge on any atom is -0.496 e. The van der Waals surface area contributed by atoms with Gasteiger partial charge in [-0.25, -0.2) is 4.98 Å². The topological polar surface area (TPSA) is 81.6 Å². The van der Waals surface area contributed by atoms with E-state index in [-0.39, 0.29) is 11.9 Å². The average Bonchev–Trinajstić information content (AvgIpc) is 3.15. The number of oxazole rings is 1. The number of nitrogens with zero attached hydrogens (tertiary/aromatic N) is 2. The number of ether oxygens (including phenoxy) is 1. The minimum absolute atomic E-state index is 0.201. The molecule has 24 heavy (non-hydrogen) atoms. The van der Waals surface area contributed by atoms with Crippen molar-refractivity contribution >= 4 is 5.91 Å². The molecule has 1 saturated heterocycles. The first kappa shape index (κ1) is 16.5. The van der Waals surface area contributed by atoms with Gasteiger partial charge in [0.2, 0.25) is 11.8 Å². The molecule has 0 unspecified atom stereocenters. The zero-order valence-electron chi connectivity index (χ0n) is 14.3. The van der Waals surface area contributed by atoms with Crippen LogP contribution in [0.15, 0.2) is 22.6 Å². The molecular weight excluding hydrogens is 306 g/mol. The zero-order chi connectivity index (χ0) is 17.3. The van der Waals surface area contributed by atoms with Gasteiger partial charge in [-0.2, -0.15) is 0 Å². The Morgan fingerprint density at radius 3 is 2.92 bits per heavy atom. The maximum absolute atomic E-state index is 11.5. The molecule has 0 bridgehead atoms. The van der Waals surface area contributed by atoms with Crippen LogP contribution in [0.2, 0.25) is 0 Å². The van der Waals surface area contributed by atoms with Gasteiger partial charge < -0.3 is 14.9 Å². The highest BCUT2D eigenvalue weighted by Gasteiger charge is 2.30. The molecule has 1 aliphatic rings. The van der Waals surface area contributed by atoms with Gasteiger partial charge in [0.15, 0.2) is 0 Å². The second-order valence-electron chi connectivity index (χ2n) is 6.24. The van der Waals surface area contributed by atoms with E-state index < -0.39 is 0 Å². The van der Waals surface area contributed by atoms with Gasteiger partial charge in [0, 0.05) is 12.1 Å². The number of carbonyl (C=O) groups is 1. The second kappa shape index (κ2) is 6.65. The van der Waals surface area contributed by atoms with Crippen molar-refractivity contribution in [1.29, 1.82) is 0 Å². The summed E-state index contributed by atoms with van der Waals surface area (Å²) in [5.41, 5.74) is 8.28. The molecular formula is C18H23N3O3. The van der Waals surface area contributed by atoms with Crippen LogP contribution in [0.25, 0.3) is 11.5 Å². The first-order valence-corrected chi connectivity index (χ1v) is 8.14. The summed E-state index contributed by atoms with van der Waals surface area (Å²) in [4.78, 5) is 18.2. The number of rotatable bonds is 5. The molecule has 1 atom stereocenters. The average molecular weight is 329 g/mol. The van der Waals surface area contributed by atoms with Crippen molar-refractivity contribution in [3.05, 3.63) is 35.2 Å². The van der Waals surface area contributed by atoms with Crippen LogP contribution in [0.5, 0.6) is 5.75 Å². The van der Waals surface area contributed by atoms with Gasteiger partial charge in [0.05, 0.1) is 18.8 Å². The number of amides is 1. The molecule has 0 saturated carbocycles. The largest absolute Gasteiger partial charge is 0.496 e. The Morgan fingerprint density at radius 2 is 2.25 bits per heavy atom. The third-order valence-electron chi connectivity index (χ3n) is 4.58. The Balaban J connectivity index is 1.83. The van der Waals surface area contributed by atoms with Crippen molar-refractivity contribution in [1.82, 2.24) is 9.88 Å². The smallest absolute Gasteiger partial charge is 0.234 e. The lowest BCUT2D eigenvalue weighted by molar-refractivity contribution is -0.122. The van der Waals surface area contributed by atoms with Gasteiger partial charge in [-0.3, -0.25) is 9.69 Å². The summed E-state index contributed by atoms with van der Waals surface area (Å²) in [6, 6.07) is 5.64. The fraction of sp³-hybridized carbons (Fsp3) is 0.444. The van der Waals surface area contributed by atoms with Crippen LogP contribution in [0, 0.1) is 13.8 Å². The van der Waals surface area contributed by atoms with E-state index in [0.717, 1.165) is 47.7 Å². The molecule has 1 amide bonds. The van der Waals surface area contributed by atoms with Crippen molar-refractivity contribution in [2.75, 3.05) is 13.7 Å². The highest BCUT2D eigenvalue weighted by molar-refractivity contribution is 5.80. The number of methoxy groups -OCH3 is 1. The molecule has 1 aliphatic heterocycles. The van der Waals surface area contributed by atoms with Gasteiger partial charge in [0.25, 0.3) is 0 Å². The third kappa shape index (κ3) is 3.14. The summed E-state index contributed by atoms with van der Waals surface area (Å²) in [5, 5.41) is 0. The normalized spacial score (nSPS) is 18.0. The zero-order valence-corrected chi connectivity index (χ0v) is 14.3. The fourth-order valence-electron chi connectivity index (χ4n) is 3.24. The summed E-state index contributed by atoms with van der Waals surface area (Å²) in [6.45, 7) is 5.33. The number of carbonyl (C=O) groups excluding carboxylic acids is 1. The Hall–Kier alpha value is -2.34. The maximum atomic E-state index is 11.5. The summed E-state index contributed by atoms with van der Waals surface area (Å²) in [6.07, 6.45) is 1.80. The molecule has 0 radical (unpaired) electrons. The van der Waals surface area contributed by atoms with E-state index in [0.29, 0.717) is 12.4 Å². The summed E-state index contributed by atoms with van der Waals surface area (Å²) in [5.74, 6) is 1.93. The Labute approximate surface area is 141 Å². The molecule has 128 valence electrons. The number of benzene rings is 1. The molecule has 2 N–H and O–H groups in total. The van der Waals surface area contributed by atoms with Crippen LogP contribution in [0.1, 0.15) is 29.9 Å². The summed E-state index contributed by atoms with van der Waals surface area (Å²) >= 11 is 0. The molecule has 0 aliphatic carbocycles. The molecule has 6 nitrogen and oxygen atoms in total. The first-order chi connectivity index (χ1) is 11.5. The van der Waals surface area contributed by atoms with E-state index in [1.807, 2.05) is 32.0 Å². The van der Waals surface area contributed by atoms with Gasteiger partial charge >= 0.3 is 0 Å². The van der Waals surface area contributed by atoms with E-state index in [9.17, 15) is 4.79 Å². The number of likely N-dealkylation sites (tertiary alicyclic amines) is 1. The highest BCUT2D eigenvalue weighted by Crippen LogP contribution is 2.28. The molecule has 6 heteroatoms. The SMILES string of the molecule is COc1ccc(-c2nc(CN3CCC[C@H]3C(N)=O)c(C)o2)cc1C. The lowest BCUT2D eigenvalue weighted by atomic mass is 10.1. The standard InChI is InChI=1S/C18H23N3O3/c1-11-9-13(6-7-16(11)23-3)18-20-14(12(2)24-18)10-21-8-4-5-15(21)17(19)22/h6-7,9,15H,4-5,8,10H2,1-3H3,(H2,19,22)/t15-/m0/s1. The minimum atomic E-state index is -0.264. The molecule has 2 heterocycles. The second-order valence-corrected chi connectivity index (χ2v) is 6.24. The highest BCUT2D eigenvalue weighted by atomic mass is 16.5. The summed E-state index contributed by atoms with van der Waals surface area (Å²) in [7, 11) is 1.65. The molecule has 1 aromatic carbocycles. The van der Waals surface area contributed by atoms with Crippen LogP contribution in [-0.2, 0) is 11.3 Å². The van der Waals surface area contributed by atoms with Crippen molar-refractivity contribution < 1.29 is 13.9 Å². The maximum Gasteiger partial charge on any atom is 0.234 e.